The zero-order valence-electron chi connectivity index (χ0n) is 10.6. The first-order valence-electron chi connectivity index (χ1n) is 6.27. The summed E-state index contributed by atoms with van der Waals surface area (Å²) in [4.78, 5) is 8.73. The van der Waals surface area contributed by atoms with Crippen LogP contribution in [0.5, 0.6) is 0 Å². The third kappa shape index (κ3) is 1.97. The summed E-state index contributed by atoms with van der Waals surface area (Å²) in [5.41, 5.74) is 2.28. The summed E-state index contributed by atoms with van der Waals surface area (Å²) in [6.07, 6.45) is 5.44. The van der Waals surface area contributed by atoms with Crippen LogP contribution in [-0.4, -0.2) is 29.2 Å². The standard InChI is InChI=1S/C13H17N3OS/c1-8-6-18-12-11(8)14-7-15-13(12)16-9-4-3-5-10(9)17-2/h6-7,9-10H,3-5H2,1-2H3,(H,14,15,16). The van der Waals surface area contributed by atoms with Crippen LogP contribution in [0, 0.1) is 6.92 Å². The van der Waals surface area contributed by atoms with E-state index in [4.69, 9.17) is 4.74 Å². The maximum Gasteiger partial charge on any atom is 0.147 e. The van der Waals surface area contributed by atoms with Crippen LogP contribution in [0.3, 0.4) is 0 Å². The largest absolute Gasteiger partial charge is 0.379 e. The molecule has 18 heavy (non-hydrogen) atoms. The van der Waals surface area contributed by atoms with Gasteiger partial charge in [0, 0.05) is 7.11 Å². The number of hydrogen-bond donors (Lipinski definition) is 1. The first-order valence-corrected chi connectivity index (χ1v) is 7.15. The minimum absolute atomic E-state index is 0.302. The van der Waals surface area contributed by atoms with Gasteiger partial charge in [0.2, 0.25) is 0 Å². The summed E-state index contributed by atoms with van der Waals surface area (Å²) >= 11 is 1.70. The highest BCUT2D eigenvalue weighted by molar-refractivity contribution is 7.18. The summed E-state index contributed by atoms with van der Waals surface area (Å²) in [6, 6.07) is 0.371. The summed E-state index contributed by atoms with van der Waals surface area (Å²) in [6.45, 7) is 2.09. The van der Waals surface area contributed by atoms with E-state index in [-0.39, 0.29) is 0 Å². The fraction of sp³-hybridized carbons (Fsp3) is 0.538. The van der Waals surface area contributed by atoms with Crippen molar-refractivity contribution in [1.29, 1.82) is 0 Å². The molecule has 3 rings (SSSR count). The van der Waals surface area contributed by atoms with Crippen molar-refractivity contribution in [1.82, 2.24) is 9.97 Å². The predicted molar refractivity (Wildman–Crippen MR) is 74.2 cm³/mol. The van der Waals surface area contributed by atoms with E-state index in [2.05, 4.69) is 27.6 Å². The van der Waals surface area contributed by atoms with E-state index < -0.39 is 0 Å². The van der Waals surface area contributed by atoms with E-state index in [0.29, 0.717) is 12.1 Å². The molecule has 0 bridgehead atoms. The molecule has 1 aliphatic carbocycles. The Kier molecular flexibility index (Phi) is 3.18. The smallest absolute Gasteiger partial charge is 0.147 e. The Morgan fingerprint density at radius 3 is 3.11 bits per heavy atom. The molecule has 1 saturated carbocycles. The van der Waals surface area contributed by atoms with E-state index in [1.165, 1.54) is 12.0 Å². The van der Waals surface area contributed by atoms with Gasteiger partial charge in [-0.05, 0) is 37.1 Å². The molecule has 0 aliphatic heterocycles. The van der Waals surface area contributed by atoms with E-state index in [0.717, 1.165) is 28.9 Å². The Hall–Kier alpha value is -1.20. The van der Waals surface area contributed by atoms with Gasteiger partial charge >= 0.3 is 0 Å². The van der Waals surface area contributed by atoms with Crippen molar-refractivity contribution in [3.05, 3.63) is 17.3 Å². The van der Waals surface area contributed by atoms with Crippen LogP contribution in [0.25, 0.3) is 10.2 Å². The second kappa shape index (κ2) is 4.82. The van der Waals surface area contributed by atoms with Crippen molar-refractivity contribution in [2.45, 2.75) is 38.3 Å². The maximum absolute atomic E-state index is 5.51. The third-order valence-electron chi connectivity index (χ3n) is 3.61. The SMILES string of the molecule is COC1CCCC1Nc1ncnc2c(C)csc12. The van der Waals surface area contributed by atoms with Gasteiger partial charge in [-0.15, -0.1) is 11.3 Å². The molecule has 2 atom stereocenters. The number of rotatable bonds is 3. The number of nitrogens with zero attached hydrogens (tertiary/aromatic N) is 2. The number of ether oxygens (including phenoxy) is 1. The lowest BCUT2D eigenvalue weighted by atomic mass is 10.2. The minimum atomic E-state index is 0.302. The van der Waals surface area contributed by atoms with Gasteiger partial charge in [-0.25, -0.2) is 9.97 Å². The molecule has 0 saturated heterocycles. The number of aryl methyl sites for hydroxylation is 1. The predicted octanol–water partition coefficient (Wildman–Crippen LogP) is 2.98. The summed E-state index contributed by atoms with van der Waals surface area (Å²) in [5.74, 6) is 0.951. The fourth-order valence-corrected chi connectivity index (χ4v) is 3.58. The number of nitrogens with one attached hydrogen (secondary N) is 1. The Morgan fingerprint density at radius 2 is 2.28 bits per heavy atom. The van der Waals surface area contributed by atoms with Gasteiger partial charge in [0.25, 0.3) is 0 Å². The Balaban J connectivity index is 1.90. The molecule has 2 aromatic rings. The molecule has 2 heterocycles. The van der Waals surface area contributed by atoms with Crippen LogP contribution in [0.15, 0.2) is 11.7 Å². The highest BCUT2D eigenvalue weighted by atomic mass is 32.1. The lowest BCUT2D eigenvalue weighted by Gasteiger charge is -2.20. The number of hydrogen-bond acceptors (Lipinski definition) is 5. The molecular weight excluding hydrogens is 246 g/mol. The average Bonchev–Trinajstić information content (AvgIpc) is 2.98. The topological polar surface area (TPSA) is 47.0 Å². The molecule has 2 aromatic heterocycles. The zero-order chi connectivity index (χ0) is 12.5. The Labute approximate surface area is 110 Å². The second-order valence-corrected chi connectivity index (χ2v) is 5.65. The Bertz CT molecular complexity index is 554. The van der Waals surface area contributed by atoms with Crippen LogP contribution in [0.1, 0.15) is 24.8 Å². The Morgan fingerprint density at radius 1 is 1.39 bits per heavy atom. The van der Waals surface area contributed by atoms with Crippen LogP contribution in [0.2, 0.25) is 0 Å². The molecule has 0 amide bonds. The quantitative estimate of drug-likeness (QED) is 0.924. The highest BCUT2D eigenvalue weighted by Gasteiger charge is 2.27. The molecule has 96 valence electrons. The van der Waals surface area contributed by atoms with Crippen molar-refractivity contribution in [2.24, 2.45) is 0 Å². The average molecular weight is 263 g/mol. The molecule has 5 heteroatoms. The molecule has 1 aliphatic rings. The first-order chi connectivity index (χ1) is 8.79. The first kappa shape index (κ1) is 11.9. The van der Waals surface area contributed by atoms with Crippen LogP contribution < -0.4 is 5.32 Å². The number of methoxy groups -OCH3 is 1. The number of anilines is 1. The van der Waals surface area contributed by atoms with E-state index in [1.54, 1.807) is 24.8 Å². The van der Waals surface area contributed by atoms with Gasteiger partial charge in [0.05, 0.1) is 22.4 Å². The van der Waals surface area contributed by atoms with Crippen LogP contribution in [-0.2, 0) is 4.74 Å². The molecule has 0 radical (unpaired) electrons. The van der Waals surface area contributed by atoms with Crippen molar-refractivity contribution < 1.29 is 4.74 Å². The van der Waals surface area contributed by atoms with Gasteiger partial charge < -0.3 is 10.1 Å². The molecule has 0 spiro atoms. The van der Waals surface area contributed by atoms with E-state index in [1.807, 2.05) is 0 Å². The fourth-order valence-electron chi connectivity index (χ4n) is 2.62. The summed E-state index contributed by atoms with van der Waals surface area (Å²) in [7, 11) is 1.79. The minimum Gasteiger partial charge on any atom is -0.379 e. The summed E-state index contributed by atoms with van der Waals surface area (Å²) < 4.78 is 6.66. The number of fused-ring (bicyclic) bond motifs is 1. The van der Waals surface area contributed by atoms with Gasteiger partial charge in [-0.1, -0.05) is 0 Å². The number of aromatic nitrogens is 2. The molecule has 1 N–H and O–H groups in total. The summed E-state index contributed by atoms with van der Waals surface area (Å²) in [5, 5.41) is 5.66. The second-order valence-electron chi connectivity index (χ2n) is 4.77. The third-order valence-corrected chi connectivity index (χ3v) is 4.70. The van der Waals surface area contributed by atoms with Crippen LogP contribution in [0.4, 0.5) is 5.82 Å². The van der Waals surface area contributed by atoms with Gasteiger partial charge in [0.1, 0.15) is 12.1 Å². The van der Waals surface area contributed by atoms with Crippen molar-refractivity contribution in [3.8, 4) is 0 Å². The van der Waals surface area contributed by atoms with Gasteiger partial charge in [-0.2, -0.15) is 0 Å². The van der Waals surface area contributed by atoms with Crippen molar-refractivity contribution >= 4 is 27.4 Å². The van der Waals surface area contributed by atoms with Crippen molar-refractivity contribution in [3.63, 3.8) is 0 Å². The lowest BCUT2D eigenvalue weighted by Crippen LogP contribution is -2.30. The van der Waals surface area contributed by atoms with Gasteiger partial charge in [-0.3, -0.25) is 0 Å². The van der Waals surface area contributed by atoms with Gasteiger partial charge in [0.15, 0.2) is 0 Å². The van der Waals surface area contributed by atoms with E-state index >= 15 is 0 Å². The van der Waals surface area contributed by atoms with Crippen LogP contribution >= 0.6 is 11.3 Å². The molecule has 1 fully saturated rings. The lowest BCUT2D eigenvalue weighted by molar-refractivity contribution is 0.101. The monoisotopic (exact) mass is 263 g/mol. The molecule has 2 unspecified atom stereocenters. The normalized spacial score (nSPS) is 23.7. The molecular formula is C13H17N3OS. The van der Waals surface area contributed by atoms with E-state index in [9.17, 15) is 0 Å². The molecule has 0 aromatic carbocycles. The highest BCUT2D eigenvalue weighted by Crippen LogP contribution is 2.31. The number of thiophene rings is 1. The van der Waals surface area contributed by atoms with Crippen molar-refractivity contribution in [2.75, 3.05) is 12.4 Å². The maximum atomic E-state index is 5.51. The molecule has 4 nitrogen and oxygen atoms in total. The zero-order valence-corrected chi connectivity index (χ0v) is 11.5.